The fraction of sp³-hybridized carbons (Fsp3) is 0.261. The van der Waals surface area contributed by atoms with Crippen LogP contribution < -0.4 is 5.06 Å². The van der Waals surface area contributed by atoms with Gasteiger partial charge in [-0.25, -0.2) is 4.98 Å². The largest absolute Gasteiger partial charge is 0.459 e. The molecule has 3 heterocycles. The molecule has 2 aromatic heterocycles. The second kappa shape index (κ2) is 8.94. The van der Waals surface area contributed by atoms with E-state index in [4.69, 9.17) is 9.04 Å². The van der Waals surface area contributed by atoms with Gasteiger partial charge >= 0.3 is 7.60 Å². The molecule has 0 spiro atoms. The standard InChI is InChI=1S/C23H24N3O6P/c1-15-18-6-4-5-7-19(18)31-20(15)14-25(2)21(27)10-8-16-12-17-9-11-22(28)26(23(17)24-13-16)32-33(3,29)30/h4-8,10,12-13H,9,11,14H2,1-3H3,(H,29,30)/b10-8+. The third-order valence-electron chi connectivity index (χ3n) is 5.34. The summed E-state index contributed by atoms with van der Waals surface area (Å²) in [6.07, 6.45) is 5.09. The van der Waals surface area contributed by atoms with Crippen LogP contribution in [0.15, 0.2) is 47.0 Å². The van der Waals surface area contributed by atoms with Crippen molar-refractivity contribution in [2.75, 3.05) is 18.8 Å². The van der Waals surface area contributed by atoms with Crippen LogP contribution in [-0.2, 0) is 31.7 Å². The van der Waals surface area contributed by atoms with E-state index in [0.717, 1.165) is 34.0 Å². The van der Waals surface area contributed by atoms with Crippen LogP contribution in [0.2, 0.25) is 0 Å². The Bertz CT molecular complexity index is 1310. The Kier molecular flexibility index (Phi) is 6.21. The number of carbonyl (C=O) groups is 2. The van der Waals surface area contributed by atoms with Crippen molar-refractivity contribution >= 4 is 42.3 Å². The molecule has 0 radical (unpaired) electrons. The number of benzene rings is 1. The molecule has 1 aliphatic rings. The van der Waals surface area contributed by atoms with Gasteiger partial charge in [0, 0.05) is 43.4 Å². The highest BCUT2D eigenvalue weighted by atomic mass is 31.2. The number of amides is 2. The first-order valence-corrected chi connectivity index (χ1v) is 12.4. The van der Waals surface area contributed by atoms with Gasteiger partial charge in [0.2, 0.25) is 5.91 Å². The highest BCUT2D eigenvalue weighted by Gasteiger charge is 2.31. The summed E-state index contributed by atoms with van der Waals surface area (Å²) in [4.78, 5) is 40.0. The molecule has 1 atom stereocenters. The average molecular weight is 469 g/mol. The number of hydrogen-bond acceptors (Lipinski definition) is 6. The zero-order chi connectivity index (χ0) is 23.8. The van der Waals surface area contributed by atoms with Gasteiger partial charge in [-0.2, -0.15) is 9.69 Å². The molecule has 172 valence electrons. The molecular weight excluding hydrogens is 445 g/mol. The minimum absolute atomic E-state index is 0.125. The Balaban J connectivity index is 1.47. The molecule has 0 saturated heterocycles. The van der Waals surface area contributed by atoms with Crippen molar-refractivity contribution in [1.29, 1.82) is 0 Å². The Hall–Kier alpha value is -3.26. The van der Waals surface area contributed by atoms with Crippen LogP contribution in [0, 0.1) is 6.92 Å². The monoisotopic (exact) mass is 469 g/mol. The number of aryl methyl sites for hydroxylation is 2. The first-order valence-electron chi connectivity index (χ1n) is 10.3. The minimum atomic E-state index is -3.93. The van der Waals surface area contributed by atoms with Gasteiger partial charge in [0.15, 0.2) is 5.82 Å². The number of aromatic nitrogens is 1. The number of rotatable bonds is 6. The normalized spacial score (nSPS) is 15.6. The first kappa shape index (κ1) is 22.9. The van der Waals surface area contributed by atoms with E-state index in [1.54, 1.807) is 24.1 Å². The Morgan fingerprint density at radius 3 is 2.85 bits per heavy atom. The molecule has 33 heavy (non-hydrogen) atoms. The third kappa shape index (κ3) is 5.06. The lowest BCUT2D eigenvalue weighted by molar-refractivity contribution is -0.125. The fourth-order valence-corrected chi connectivity index (χ4v) is 4.11. The summed E-state index contributed by atoms with van der Waals surface area (Å²) in [5, 5.41) is 1.81. The molecule has 0 aliphatic carbocycles. The summed E-state index contributed by atoms with van der Waals surface area (Å²) < 4.78 is 22.4. The number of fused-ring (bicyclic) bond motifs is 2. The summed E-state index contributed by atoms with van der Waals surface area (Å²) in [6.45, 7) is 3.31. The zero-order valence-corrected chi connectivity index (χ0v) is 19.4. The van der Waals surface area contributed by atoms with E-state index in [1.165, 1.54) is 12.3 Å². The quantitative estimate of drug-likeness (QED) is 0.431. The molecular formula is C23H24N3O6P. The molecule has 1 aliphatic heterocycles. The molecule has 4 rings (SSSR count). The lowest BCUT2D eigenvalue weighted by atomic mass is 10.0. The molecule has 9 nitrogen and oxygen atoms in total. The molecule has 2 amide bonds. The van der Waals surface area contributed by atoms with Crippen LogP contribution in [-0.4, -0.2) is 40.3 Å². The van der Waals surface area contributed by atoms with Crippen molar-refractivity contribution in [3.05, 3.63) is 65.1 Å². The number of furan rings is 1. The van der Waals surface area contributed by atoms with Crippen LogP contribution >= 0.6 is 7.60 Å². The van der Waals surface area contributed by atoms with Gasteiger partial charge in [0.1, 0.15) is 11.3 Å². The topological polar surface area (TPSA) is 113 Å². The molecule has 1 aromatic carbocycles. The highest BCUT2D eigenvalue weighted by molar-refractivity contribution is 7.52. The molecule has 0 bridgehead atoms. The minimum Gasteiger partial charge on any atom is -0.459 e. The molecule has 0 saturated carbocycles. The molecule has 1 N–H and O–H groups in total. The van der Waals surface area contributed by atoms with Crippen LogP contribution in [0.4, 0.5) is 5.82 Å². The predicted molar refractivity (Wildman–Crippen MR) is 123 cm³/mol. The lowest BCUT2D eigenvalue weighted by Gasteiger charge is -2.27. The second-order valence-electron chi connectivity index (χ2n) is 8.00. The van der Waals surface area contributed by atoms with E-state index < -0.39 is 13.5 Å². The molecule has 0 fully saturated rings. The molecule has 3 aromatic rings. The SMILES string of the molecule is Cc1c(CN(C)C(=O)/C=C/c2cnc3c(c2)CCC(=O)N3OP(C)(=O)O)oc2ccccc12. The maximum Gasteiger partial charge on any atom is 0.346 e. The number of anilines is 1. The van der Waals surface area contributed by atoms with Gasteiger partial charge in [-0.15, -0.1) is 0 Å². The van der Waals surface area contributed by atoms with E-state index in [0.29, 0.717) is 24.1 Å². The van der Waals surface area contributed by atoms with E-state index in [-0.39, 0.29) is 18.1 Å². The number of nitrogens with zero attached hydrogens (tertiary/aromatic N) is 3. The van der Waals surface area contributed by atoms with E-state index in [2.05, 4.69) is 4.98 Å². The zero-order valence-electron chi connectivity index (χ0n) is 18.5. The van der Waals surface area contributed by atoms with Crippen molar-refractivity contribution in [1.82, 2.24) is 9.88 Å². The van der Waals surface area contributed by atoms with Crippen molar-refractivity contribution in [2.24, 2.45) is 0 Å². The van der Waals surface area contributed by atoms with Crippen molar-refractivity contribution in [2.45, 2.75) is 26.3 Å². The summed E-state index contributed by atoms with van der Waals surface area (Å²) in [7, 11) is -2.23. The van der Waals surface area contributed by atoms with Gasteiger partial charge in [-0.05, 0) is 42.7 Å². The van der Waals surface area contributed by atoms with E-state index >= 15 is 0 Å². The van der Waals surface area contributed by atoms with Gasteiger partial charge in [0.05, 0.1) is 6.54 Å². The number of para-hydroxylation sites is 1. The Morgan fingerprint density at radius 1 is 1.36 bits per heavy atom. The molecule has 10 heteroatoms. The third-order valence-corrected chi connectivity index (χ3v) is 5.81. The van der Waals surface area contributed by atoms with E-state index in [1.807, 2.05) is 31.2 Å². The van der Waals surface area contributed by atoms with Crippen LogP contribution in [0.3, 0.4) is 0 Å². The second-order valence-corrected chi connectivity index (χ2v) is 9.77. The van der Waals surface area contributed by atoms with Gasteiger partial charge < -0.3 is 14.2 Å². The number of pyridine rings is 1. The maximum absolute atomic E-state index is 12.6. The predicted octanol–water partition coefficient (Wildman–Crippen LogP) is 3.83. The van der Waals surface area contributed by atoms with Crippen LogP contribution in [0.5, 0.6) is 0 Å². The van der Waals surface area contributed by atoms with Crippen LogP contribution in [0.1, 0.15) is 28.9 Å². The maximum atomic E-state index is 12.6. The fourth-order valence-electron chi connectivity index (χ4n) is 3.64. The molecule has 1 unspecified atom stereocenters. The highest BCUT2D eigenvalue weighted by Crippen LogP contribution is 2.41. The summed E-state index contributed by atoms with van der Waals surface area (Å²) in [5.41, 5.74) is 3.14. The average Bonchev–Trinajstić information content (AvgIpc) is 3.08. The van der Waals surface area contributed by atoms with Gasteiger partial charge in [0.25, 0.3) is 5.91 Å². The number of hydrogen-bond donors (Lipinski definition) is 1. The summed E-state index contributed by atoms with van der Waals surface area (Å²) in [6, 6.07) is 9.52. The first-order chi connectivity index (χ1) is 15.6. The Morgan fingerprint density at radius 2 is 2.12 bits per heavy atom. The van der Waals surface area contributed by atoms with Gasteiger partial charge in [-0.1, -0.05) is 18.2 Å². The van der Waals surface area contributed by atoms with Crippen molar-refractivity contribution in [3.63, 3.8) is 0 Å². The Labute approximate surface area is 190 Å². The van der Waals surface area contributed by atoms with Crippen molar-refractivity contribution < 1.29 is 28.1 Å². The van der Waals surface area contributed by atoms with Crippen molar-refractivity contribution in [3.8, 4) is 0 Å². The number of carbonyl (C=O) groups excluding carboxylic acids is 2. The number of hydroxylamine groups is 1. The number of likely N-dealkylation sites (N-methyl/N-ethyl adjacent to an activating group) is 1. The van der Waals surface area contributed by atoms with Crippen LogP contribution in [0.25, 0.3) is 17.0 Å². The lowest BCUT2D eigenvalue weighted by Crippen LogP contribution is -2.35. The van der Waals surface area contributed by atoms with Gasteiger partial charge in [-0.3, -0.25) is 14.2 Å². The summed E-state index contributed by atoms with van der Waals surface area (Å²) >= 11 is 0. The summed E-state index contributed by atoms with van der Waals surface area (Å²) in [5.74, 6) is 0.271. The smallest absolute Gasteiger partial charge is 0.346 e. The van der Waals surface area contributed by atoms with E-state index in [9.17, 15) is 19.0 Å².